The van der Waals surface area contributed by atoms with E-state index in [1.54, 1.807) is 18.1 Å². The minimum atomic E-state index is -0.304. The molecular weight excluding hydrogens is 352 g/mol. The molecule has 0 fully saturated rings. The molecular formula is C18H18N4OS2. The number of hydrogen-bond donors (Lipinski definition) is 1. The molecule has 1 amide bonds. The van der Waals surface area contributed by atoms with Crippen molar-refractivity contribution in [3.05, 3.63) is 60.9 Å². The van der Waals surface area contributed by atoms with Gasteiger partial charge < -0.3 is 5.32 Å². The third kappa shape index (κ3) is 4.24. The van der Waals surface area contributed by atoms with Gasteiger partial charge in [-0.3, -0.25) is 9.36 Å². The van der Waals surface area contributed by atoms with Crippen LogP contribution in [0.1, 0.15) is 6.92 Å². The molecule has 25 heavy (non-hydrogen) atoms. The van der Waals surface area contributed by atoms with Crippen LogP contribution in [0.4, 0.5) is 5.69 Å². The molecule has 0 radical (unpaired) electrons. The molecule has 1 unspecified atom stereocenters. The number of amides is 1. The first kappa shape index (κ1) is 17.6. The fourth-order valence-corrected chi connectivity index (χ4v) is 3.66. The SMILES string of the molecule is CSc1ccccc1NC(=O)C(C)Sc1nncn1-c1ccccc1. The second kappa shape index (κ2) is 8.22. The fourth-order valence-electron chi connectivity index (χ4n) is 2.26. The second-order valence-corrected chi connectivity index (χ2v) is 7.42. The largest absolute Gasteiger partial charge is 0.324 e. The lowest BCUT2D eigenvalue weighted by Crippen LogP contribution is -2.23. The van der Waals surface area contributed by atoms with E-state index in [0.29, 0.717) is 5.16 Å². The van der Waals surface area contributed by atoms with Crippen molar-refractivity contribution < 1.29 is 4.79 Å². The summed E-state index contributed by atoms with van der Waals surface area (Å²) in [6.07, 6.45) is 3.65. The van der Waals surface area contributed by atoms with E-state index in [0.717, 1.165) is 16.3 Å². The molecule has 3 aromatic rings. The summed E-state index contributed by atoms with van der Waals surface area (Å²) >= 11 is 2.99. The van der Waals surface area contributed by atoms with E-state index in [1.165, 1.54) is 11.8 Å². The van der Waals surface area contributed by atoms with E-state index in [1.807, 2.05) is 72.3 Å². The first-order chi connectivity index (χ1) is 12.2. The highest BCUT2D eigenvalue weighted by Crippen LogP contribution is 2.27. The quantitative estimate of drug-likeness (QED) is 0.662. The third-order valence-corrected chi connectivity index (χ3v) is 5.42. The molecule has 1 atom stereocenters. The first-order valence-corrected chi connectivity index (χ1v) is 9.85. The molecule has 1 heterocycles. The van der Waals surface area contributed by atoms with Crippen molar-refractivity contribution in [2.24, 2.45) is 0 Å². The van der Waals surface area contributed by atoms with Crippen molar-refractivity contribution in [1.29, 1.82) is 0 Å². The minimum absolute atomic E-state index is 0.0610. The van der Waals surface area contributed by atoms with Crippen molar-refractivity contribution in [2.75, 3.05) is 11.6 Å². The van der Waals surface area contributed by atoms with Gasteiger partial charge >= 0.3 is 0 Å². The lowest BCUT2D eigenvalue weighted by Gasteiger charge is -2.14. The van der Waals surface area contributed by atoms with E-state index < -0.39 is 0 Å². The number of anilines is 1. The number of aromatic nitrogens is 3. The Hall–Kier alpha value is -2.25. The molecule has 3 rings (SSSR count). The molecule has 0 spiro atoms. The summed E-state index contributed by atoms with van der Waals surface area (Å²) in [5, 5.41) is 11.5. The molecule has 0 aliphatic rings. The number of para-hydroxylation sites is 2. The Kier molecular flexibility index (Phi) is 5.78. The van der Waals surface area contributed by atoms with Crippen LogP contribution in [0.15, 0.2) is 71.0 Å². The topological polar surface area (TPSA) is 59.8 Å². The van der Waals surface area contributed by atoms with Gasteiger partial charge in [-0.2, -0.15) is 0 Å². The monoisotopic (exact) mass is 370 g/mol. The van der Waals surface area contributed by atoms with Gasteiger partial charge in [-0.1, -0.05) is 42.1 Å². The predicted molar refractivity (Wildman–Crippen MR) is 104 cm³/mol. The third-order valence-electron chi connectivity index (χ3n) is 3.57. The van der Waals surface area contributed by atoms with Gasteiger partial charge in [0.2, 0.25) is 5.91 Å². The molecule has 0 aliphatic heterocycles. The molecule has 0 bridgehead atoms. The van der Waals surface area contributed by atoms with Crippen LogP contribution in [-0.2, 0) is 4.79 Å². The van der Waals surface area contributed by atoms with Crippen LogP contribution in [0, 0.1) is 0 Å². The lowest BCUT2D eigenvalue weighted by molar-refractivity contribution is -0.115. The van der Waals surface area contributed by atoms with Crippen molar-refractivity contribution in [3.8, 4) is 5.69 Å². The van der Waals surface area contributed by atoms with Crippen molar-refractivity contribution in [2.45, 2.75) is 22.2 Å². The maximum Gasteiger partial charge on any atom is 0.237 e. The number of thioether (sulfide) groups is 2. The molecule has 2 aromatic carbocycles. The van der Waals surface area contributed by atoms with E-state index in [4.69, 9.17) is 0 Å². The summed E-state index contributed by atoms with van der Waals surface area (Å²) in [6.45, 7) is 1.87. The van der Waals surface area contributed by atoms with Crippen LogP contribution in [0.5, 0.6) is 0 Å². The lowest BCUT2D eigenvalue weighted by atomic mass is 10.3. The summed E-state index contributed by atoms with van der Waals surface area (Å²) in [5.41, 5.74) is 1.80. The summed E-state index contributed by atoms with van der Waals surface area (Å²) < 4.78 is 1.88. The van der Waals surface area contributed by atoms with E-state index in [2.05, 4.69) is 15.5 Å². The number of nitrogens with zero attached hydrogens (tertiary/aromatic N) is 3. The van der Waals surface area contributed by atoms with Gasteiger partial charge in [0.25, 0.3) is 0 Å². The van der Waals surface area contributed by atoms with Gasteiger partial charge in [-0.25, -0.2) is 0 Å². The smallest absolute Gasteiger partial charge is 0.237 e. The van der Waals surface area contributed by atoms with Gasteiger partial charge in [0.1, 0.15) is 6.33 Å². The van der Waals surface area contributed by atoms with Crippen molar-refractivity contribution in [1.82, 2.24) is 14.8 Å². The number of nitrogens with one attached hydrogen (secondary N) is 1. The van der Waals surface area contributed by atoms with Crippen LogP contribution < -0.4 is 5.32 Å². The number of carbonyl (C=O) groups is 1. The molecule has 0 aliphatic carbocycles. The Labute approximate surface area is 155 Å². The molecule has 128 valence electrons. The standard InChI is InChI=1S/C18H18N4OS2/c1-13(17(23)20-15-10-6-7-11-16(15)24-2)25-18-21-19-12-22(18)14-8-4-3-5-9-14/h3-13H,1-2H3,(H,20,23). The normalized spacial score (nSPS) is 11.9. The summed E-state index contributed by atoms with van der Waals surface area (Å²) in [7, 11) is 0. The highest BCUT2D eigenvalue weighted by atomic mass is 32.2. The summed E-state index contributed by atoms with van der Waals surface area (Å²) in [6, 6.07) is 17.6. The predicted octanol–water partition coefficient (Wildman–Crippen LogP) is 4.11. The number of rotatable bonds is 6. The minimum Gasteiger partial charge on any atom is -0.324 e. The zero-order valence-electron chi connectivity index (χ0n) is 13.9. The fraction of sp³-hybridized carbons (Fsp3) is 0.167. The van der Waals surface area contributed by atoms with Gasteiger partial charge in [0, 0.05) is 10.6 Å². The van der Waals surface area contributed by atoms with Crippen molar-refractivity contribution >= 4 is 35.1 Å². The number of benzene rings is 2. The second-order valence-electron chi connectivity index (χ2n) is 5.27. The van der Waals surface area contributed by atoms with Crippen LogP contribution >= 0.6 is 23.5 Å². The number of carbonyl (C=O) groups excluding carboxylic acids is 1. The maximum atomic E-state index is 12.6. The van der Waals surface area contributed by atoms with Gasteiger partial charge in [0.15, 0.2) is 5.16 Å². The van der Waals surface area contributed by atoms with Crippen LogP contribution in [0.2, 0.25) is 0 Å². The van der Waals surface area contributed by atoms with Gasteiger partial charge in [-0.15, -0.1) is 22.0 Å². The van der Waals surface area contributed by atoms with Crippen LogP contribution in [0.25, 0.3) is 5.69 Å². The van der Waals surface area contributed by atoms with Crippen LogP contribution in [0.3, 0.4) is 0 Å². The molecule has 1 N–H and O–H groups in total. The van der Waals surface area contributed by atoms with E-state index in [9.17, 15) is 4.79 Å². The zero-order valence-corrected chi connectivity index (χ0v) is 15.6. The highest BCUT2D eigenvalue weighted by Gasteiger charge is 2.19. The maximum absolute atomic E-state index is 12.6. The Balaban J connectivity index is 1.72. The zero-order chi connectivity index (χ0) is 17.6. The van der Waals surface area contributed by atoms with E-state index >= 15 is 0 Å². The van der Waals surface area contributed by atoms with Crippen LogP contribution in [-0.4, -0.2) is 32.2 Å². The Morgan fingerprint density at radius 1 is 1.12 bits per heavy atom. The number of hydrogen-bond acceptors (Lipinski definition) is 5. The van der Waals surface area contributed by atoms with Crippen molar-refractivity contribution in [3.63, 3.8) is 0 Å². The summed E-state index contributed by atoms with van der Waals surface area (Å²) in [4.78, 5) is 13.6. The van der Waals surface area contributed by atoms with E-state index in [-0.39, 0.29) is 11.2 Å². The molecule has 5 nitrogen and oxygen atoms in total. The molecule has 0 saturated heterocycles. The Bertz CT molecular complexity index is 851. The summed E-state index contributed by atoms with van der Waals surface area (Å²) in [5.74, 6) is -0.0610. The average Bonchev–Trinajstić information content (AvgIpc) is 3.11. The van der Waals surface area contributed by atoms with Gasteiger partial charge in [-0.05, 0) is 37.4 Å². The Morgan fingerprint density at radius 3 is 2.60 bits per heavy atom. The molecule has 0 saturated carbocycles. The Morgan fingerprint density at radius 2 is 1.84 bits per heavy atom. The molecule has 1 aromatic heterocycles. The first-order valence-electron chi connectivity index (χ1n) is 7.75. The average molecular weight is 371 g/mol. The molecule has 7 heteroatoms. The highest BCUT2D eigenvalue weighted by molar-refractivity contribution is 8.00. The van der Waals surface area contributed by atoms with Gasteiger partial charge in [0.05, 0.1) is 10.9 Å².